The van der Waals surface area contributed by atoms with Gasteiger partial charge in [-0.15, -0.1) is 0 Å². The predicted molar refractivity (Wildman–Crippen MR) is 492 cm³/mol. The van der Waals surface area contributed by atoms with Crippen molar-refractivity contribution in [3.05, 3.63) is 0 Å². The van der Waals surface area contributed by atoms with Gasteiger partial charge in [0.15, 0.2) is 44.0 Å². The van der Waals surface area contributed by atoms with Crippen molar-refractivity contribution in [2.24, 2.45) is 0 Å². The number of methoxy groups -OCH3 is 20. The van der Waals surface area contributed by atoms with Gasteiger partial charge in [-0.3, -0.25) is 14.4 Å². The summed E-state index contributed by atoms with van der Waals surface area (Å²) in [6.45, 7) is 2.95. The van der Waals surface area contributed by atoms with Crippen LogP contribution in [0.3, 0.4) is 0 Å². The van der Waals surface area contributed by atoms with Crippen LogP contribution in [0.4, 0.5) is 0 Å². The largest absolute Gasteiger partial charge is 0.463 e. The molecule has 21 aliphatic heterocycles. The van der Waals surface area contributed by atoms with Gasteiger partial charge in [-0.2, -0.15) is 0 Å². The van der Waals surface area contributed by atoms with Gasteiger partial charge in [-0.05, 0) is 12.8 Å². The number of aliphatic hydroxyl groups excluding tert-OH is 2. The molecule has 0 spiro atoms. The number of hydrogen-bond acceptors (Lipinski definition) is 40. The normalized spacial score (nSPS) is 36.7. The molecule has 0 aromatic carbocycles. The Morgan fingerprint density at radius 1 is 0.261 bits per heavy atom. The third-order valence-corrected chi connectivity index (χ3v) is 27.5. The SMILES string of the molecule is CCCCCCCCCCCCCCC(O)C(O)C(COC(=O)CCCCCCCCCCC)NC(=O)CCC(=O)NCC1OC2OC3C(COC)OC(OC4C(COC)OC(OC5C(COC)OC(OC6C(COC)OC(OC7C(COC)OC(OC8C(COC)OC(OC1C(OC)C2OC)C(OC)C8OC)C(OC)C7OC)C(OC)C6OC)C(OC)C5OC)C(OC)C4OC)C(OC)C3OC. The number of amides is 2. The van der Waals surface area contributed by atoms with Crippen LogP contribution in [0.15, 0.2) is 0 Å². The maximum Gasteiger partial charge on any atom is 0.305 e. The number of ether oxygens (including phenoxy) is 35. The Labute approximate surface area is 818 Å². The molecule has 42 heteroatoms. The number of esters is 1. The second-order valence-electron chi connectivity index (χ2n) is 36.5. The molecule has 4 N–H and O–H groups in total. The Hall–Kier alpha value is -3.03. The molecule has 0 aromatic rings. The summed E-state index contributed by atoms with van der Waals surface area (Å²) in [5.74, 6) is -1.79. The van der Waals surface area contributed by atoms with Crippen LogP contribution in [-0.4, -0.2) is 456 Å². The minimum atomic E-state index is -1.53. The van der Waals surface area contributed by atoms with Crippen LogP contribution >= 0.6 is 0 Å². The average Bonchev–Trinajstić information content (AvgIpc) is 0.783. The summed E-state index contributed by atoms with van der Waals surface area (Å²) in [7, 11) is 29.5. The van der Waals surface area contributed by atoms with Gasteiger partial charge in [0.1, 0.15) is 184 Å². The molecule has 0 radical (unpaired) electrons. The van der Waals surface area contributed by atoms with Crippen LogP contribution < -0.4 is 10.6 Å². The standard InChI is InChI=1S/C96H174N2O40/c1-23-25-27-29-31-33-34-35-37-38-40-42-44-57(99)68(103)56(49-124-67(102)45-43-41-39-36-32-30-28-26-24-2)98-66(101)47-46-65(100)97-48-58-69-76(110-9)83(117-16)90(125-58)133-70-59(50-104-3)127-92(85(119-18)77(70)111-10)135-72-61(52-106-5)129-94(87(121-20)79(72)113-12)137-74-63(54-108-7)131-96(89(123-22)81(74)115-14)138-75-64(55-109-8)130-95(88(122-21)82(75)116-15)136-73-62(53-107-6)128-93(86(120-19)80(73)114-13)134-71-60(51-105-4)126-91(132-69)84(118-17)78(71)112-11/h56-64,68-96,99,103H,23-55H2,1-22H3,(H,97,100)(H,98,101). The Balaban J connectivity index is 1.15. The fourth-order valence-corrected chi connectivity index (χ4v) is 20.2. The van der Waals surface area contributed by atoms with E-state index in [1.165, 1.54) is 213 Å². The minimum absolute atomic E-state index is 0.0799. The monoisotopic (exact) mass is 2000 g/mol. The highest BCUT2D eigenvalue weighted by molar-refractivity contribution is 5.84. The van der Waals surface area contributed by atoms with E-state index in [0.29, 0.717) is 12.8 Å². The molecule has 2 amide bonds. The highest BCUT2D eigenvalue weighted by Crippen LogP contribution is 2.44. The zero-order chi connectivity index (χ0) is 100. The number of rotatable bonds is 59. The molecule has 138 heavy (non-hydrogen) atoms. The minimum Gasteiger partial charge on any atom is -0.463 e. The van der Waals surface area contributed by atoms with Gasteiger partial charge in [-0.1, -0.05) is 142 Å². The second kappa shape index (κ2) is 65.6. The van der Waals surface area contributed by atoms with E-state index in [0.717, 1.165) is 51.4 Å². The molecule has 21 rings (SSSR count). The molecule has 0 aromatic heterocycles. The van der Waals surface area contributed by atoms with Crippen LogP contribution in [0.1, 0.15) is 174 Å². The molecule has 42 nitrogen and oxygen atoms in total. The molecule has 38 unspecified atom stereocenters. The Bertz CT molecular complexity index is 3200. The summed E-state index contributed by atoms with van der Waals surface area (Å²) in [4.78, 5) is 42.4. The number of unbranched alkanes of at least 4 members (excludes halogenated alkanes) is 19. The van der Waals surface area contributed by atoms with E-state index in [-0.39, 0.29) is 59.0 Å². The molecular formula is C96H174N2O40. The Morgan fingerprint density at radius 3 is 0.717 bits per heavy atom. The van der Waals surface area contributed by atoms with Gasteiger partial charge in [0.05, 0.1) is 51.8 Å². The van der Waals surface area contributed by atoms with Crippen LogP contribution in [0.5, 0.6) is 0 Å². The Kier molecular flexibility index (Phi) is 57.2. The van der Waals surface area contributed by atoms with Gasteiger partial charge in [0.2, 0.25) is 11.8 Å². The summed E-state index contributed by atoms with van der Waals surface area (Å²) in [6, 6.07) is -1.23. The quantitative estimate of drug-likeness (QED) is 0.0430. The summed E-state index contributed by atoms with van der Waals surface area (Å²) in [5.41, 5.74) is 0. The lowest BCUT2D eigenvalue weighted by molar-refractivity contribution is -0.402. The molecule has 21 aliphatic rings. The lowest BCUT2D eigenvalue weighted by Crippen LogP contribution is -2.69. The van der Waals surface area contributed by atoms with Crippen molar-refractivity contribution < 1.29 is 190 Å². The molecule has 0 saturated carbocycles. The van der Waals surface area contributed by atoms with Crippen molar-refractivity contribution in [2.45, 2.75) is 408 Å². The number of hydrogen-bond donors (Lipinski definition) is 4. The van der Waals surface area contributed by atoms with Crippen molar-refractivity contribution in [3.8, 4) is 0 Å². The number of carbonyl (C=O) groups excluding carboxylic acids is 3. The van der Waals surface area contributed by atoms with Gasteiger partial charge in [0.25, 0.3) is 0 Å². The molecule has 14 bridgehead atoms. The lowest BCUT2D eigenvalue weighted by Gasteiger charge is -2.52. The van der Waals surface area contributed by atoms with Crippen LogP contribution in [0.2, 0.25) is 0 Å². The third-order valence-electron chi connectivity index (χ3n) is 27.5. The number of carbonyl (C=O) groups is 3. The van der Waals surface area contributed by atoms with Crippen LogP contribution in [0, 0.1) is 0 Å². The van der Waals surface area contributed by atoms with E-state index in [1.54, 1.807) is 0 Å². The maximum atomic E-state index is 14.7. The van der Waals surface area contributed by atoms with E-state index < -0.39 is 270 Å². The predicted octanol–water partition coefficient (Wildman–Crippen LogP) is 5.52. The molecule has 21 heterocycles. The molecule has 21 saturated heterocycles. The van der Waals surface area contributed by atoms with Gasteiger partial charge in [-0.25, -0.2) is 0 Å². The fraction of sp³-hybridized carbons (Fsp3) is 0.969. The number of nitrogens with one attached hydrogen (secondary N) is 2. The summed E-state index contributed by atoms with van der Waals surface area (Å²) in [6.07, 6.45) is -20.7. The number of aliphatic hydroxyl groups is 2. The molecule has 808 valence electrons. The lowest BCUT2D eigenvalue weighted by atomic mass is 9.94. The fourth-order valence-electron chi connectivity index (χ4n) is 20.2. The van der Waals surface area contributed by atoms with Gasteiger partial charge >= 0.3 is 5.97 Å². The smallest absolute Gasteiger partial charge is 0.305 e. The first-order valence-electron chi connectivity index (χ1n) is 49.7. The zero-order valence-corrected chi connectivity index (χ0v) is 86.2. The van der Waals surface area contributed by atoms with E-state index in [4.69, 9.17) is 166 Å². The van der Waals surface area contributed by atoms with Crippen molar-refractivity contribution in [1.82, 2.24) is 10.6 Å². The first-order valence-corrected chi connectivity index (χ1v) is 49.7. The average molecular weight is 2000 g/mol. The molecule has 38 atom stereocenters. The first kappa shape index (κ1) is 120. The third kappa shape index (κ3) is 33.5. The van der Waals surface area contributed by atoms with E-state index in [1.807, 2.05) is 0 Å². The summed E-state index contributed by atoms with van der Waals surface area (Å²) < 4.78 is 229. The van der Waals surface area contributed by atoms with Crippen molar-refractivity contribution in [3.63, 3.8) is 0 Å². The second-order valence-corrected chi connectivity index (χ2v) is 36.5. The van der Waals surface area contributed by atoms with Crippen molar-refractivity contribution in [1.29, 1.82) is 0 Å². The highest BCUT2D eigenvalue weighted by Gasteiger charge is 2.63. The summed E-state index contributed by atoms with van der Waals surface area (Å²) in [5, 5.41) is 29.2. The molecule has 21 fully saturated rings. The van der Waals surface area contributed by atoms with E-state index in [9.17, 15) is 24.6 Å². The zero-order valence-electron chi connectivity index (χ0n) is 86.2. The topological polar surface area (TPSA) is 439 Å². The van der Waals surface area contributed by atoms with E-state index in [2.05, 4.69) is 24.5 Å². The van der Waals surface area contributed by atoms with Crippen LogP contribution in [-0.2, 0) is 180 Å². The van der Waals surface area contributed by atoms with Crippen molar-refractivity contribution >= 4 is 17.8 Å². The highest BCUT2D eigenvalue weighted by atomic mass is 16.8. The summed E-state index contributed by atoms with van der Waals surface area (Å²) >= 11 is 0. The Morgan fingerprint density at radius 2 is 0.478 bits per heavy atom. The maximum absolute atomic E-state index is 14.7. The van der Waals surface area contributed by atoms with Gasteiger partial charge < -0.3 is 187 Å². The van der Waals surface area contributed by atoms with E-state index >= 15 is 0 Å². The molecule has 0 aliphatic carbocycles. The van der Waals surface area contributed by atoms with Gasteiger partial charge in [0, 0.05) is 168 Å². The van der Waals surface area contributed by atoms with Crippen LogP contribution in [0.25, 0.3) is 0 Å². The molecular weight excluding hydrogens is 1820 g/mol. The van der Waals surface area contributed by atoms with Crippen molar-refractivity contribution in [2.75, 3.05) is 195 Å². The first-order chi connectivity index (χ1) is 67.1.